The third-order valence-electron chi connectivity index (χ3n) is 4.56. The molecule has 3 rings (SSSR count). The maximum Gasteiger partial charge on any atom is 0.251 e. The number of benzene rings is 2. The minimum absolute atomic E-state index is 0.0705. The van der Waals surface area contributed by atoms with Gasteiger partial charge in [0.25, 0.3) is 5.91 Å². The van der Waals surface area contributed by atoms with Crippen LogP contribution in [0.25, 0.3) is 6.08 Å². The molecule has 1 aliphatic rings. The highest BCUT2D eigenvalue weighted by molar-refractivity contribution is 6.42. The molecular weight excluding hydrogens is 383 g/mol. The van der Waals surface area contributed by atoms with Crippen molar-refractivity contribution in [1.82, 2.24) is 10.2 Å². The number of nitrogens with zero attached hydrogens (tertiary/aromatic N) is 1. The Balaban J connectivity index is 1.51. The molecular formula is C21H20Cl2N2O2. The number of likely N-dealkylation sites (tertiary alicyclic amines) is 1. The Kier molecular flexibility index (Phi) is 6.54. The van der Waals surface area contributed by atoms with Gasteiger partial charge in [-0.05, 0) is 42.7 Å². The first-order chi connectivity index (χ1) is 13.0. The van der Waals surface area contributed by atoms with Crippen molar-refractivity contribution < 1.29 is 9.59 Å². The van der Waals surface area contributed by atoms with Crippen LogP contribution in [-0.2, 0) is 4.79 Å². The van der Waals surface area contributed by atoms with E-state index in [9.17, 15) is 9.59 Å². The molecule has 0 radical (unpaired) electrons. The lowest BCUT2D eigenvalue weighted by Crippen LogP contribution is -2.46. The lowest BCUT2D eigenvalue weighted by molar-refractivity contribution is -0.126. The third kappa shape index (κ3) is 5.12. The Labute approximate surface area is 168 Å². The standard InChI is InChI=1S/C21H20Cl2N2O2/c22-18-8-4-7-15(20(18)23)9-10-19(26)25-13-11-17(12-14-25)24-21(27)16-5-2-1-3-6-16/h1-10,17H,11-14H2,(H,24,27). The van der Waals surface area contributed by atoms with Gasteiger partial charge in [-0.1, -0.05) is 53.5 Å². The van der Waals surface area contributed by atoms with Crippen LogP contribution in [-0.4, -0.2) is 35.8 Å². The highest BCUT2D eigenvalue weighted by atomic mass is 35.5. The number of piperidine rings is 1. The van der Waals surface area contributed by atoms with E-state index in [1.807, 2.05) is 24.3 Å². The maximum absolute atomic E-state index is 12.4. The fourth-order valence-electron chi connectivity index (χ4n) is 3.02. The van der Waals surface area contributed by atoms with Gasteiger partial charge in [-0.2, -0.15) is 0 Å². The topological polar surface area (TPSA) is 49.4 Å². The molecule has 1 N–H and O–H groups in total. The normalized spacial score (nSPS) is 15.1. The van der Waals surface area contributed by atoms with Crippen molar-refractivity contribution in [3.8, 4) is 0 Å². The summed E-state index contributed by atoms with van der Waals surface area (Å²) in [5.41, 5.74) is 1.36. The van der Waals surface area contributed by atoms with Crippen molar-refractivity contribution in [2.45, 2.75) is 18.9 Å². The van der Waals surface area contributed by atoms with Gasteiger partial charge in [-0.15, -0.1) is 0 Å². The Morgan fingerprint density at radius 3 is 2.41 bits per heavy atom. The number of carbonyl (C=O) groups is 2. The van der Waals surface area contributed by atoms with Crippen LogP contribution in [0.3, 0.4) is 0 Å². The molecule has 0 unspecified atom stereocenters. The van der Waals surface area contributed by atoms with Gasteiger partial charge in [0.15, 0.2) is 0 Å². The molecule has 0 atom stereocenters. The molecule has 0 aromatic heterocycles. The van der Waals surface area contributed by atoms with E-state index in [1.165, 1.54) is 6.08 Å². The number of amides is 2. The summed E-state index contributed by atoms with van der Waals surface area (Å²) >= 11 is 12.1. The van der Waals surface area contributed by atoms with Gasteiger partial charge in [0, 0.05) is 30.8 Å². The highest BCUT2D eigenvalue weighted by Crippen LogP contribution is 2.26. The molecule has 0 spiro atoms. The predicted molar refractivity (Wildman–Crippen MR) is 109 cm³/mol. The van der Waals surface area contributed by atoms with Crippen LogP contribution in [0.2, 0.25) is 10.0 Å². The molecule has 140 valence electrons. The minimum atomic E-state index is -0.0733. The average molecular weight is 403 g/mol. The number of rotatable bonds is 4. The molecule has 1 fully saturated rings. The van der Waals surface area contributed by atoms with Crippen LogP contribution in [0.15, 0.2) is 54.6 Å². The smallest absolute Gasteiger partial charge is 0.251 e. The number of nitrogens with one attached hydrogen (secondary N) is 1. The summed E-state index contributed by atoms with van der Waals surface area (Å²) in [6.45, 7) is 1.21. The number of hydrogen-bond acceptors (Lipinski definition) is 2. The Hall–Kier alpha value is -2.30. The Bertz CT molecular complexity index is 845. The fraction of sp³-hybridized carbons (Fsp3) is 0.238. The van der Waals surface area contributed by atoms with Gasteiger partial charge in [0.2, 0.25) is 5.91 Å². The first kappa shape index (κ1) is 19.5. The van der Waals surface area contributed by atoms with Gasteiger partial charge in [0.05, 0.1) is 10.0 Å². The van der Waals surface area contributed by atoms with Gasteiger partial charge in [-0.25, -0.2) is 0 Å². The van der Waals surface area contributed by atoms with Crippen molar-refractivity contribution >= 4 is 41.1 Å². The van der Waals surface area contributed by atoms with Crippen molar-refractivity contribution in [1.29, 1.82) is 0 Å². The van der Waals surface area contributed by atoms with Gasteiger partial charge in [-0.3, -0.25) is 9.59 Å². The molecule has 1 heterocycles. The molecule has 2 aromatic rings. The first-order valence-corrected chi connectivity index (χ1v) is 9.57. The van der Waals surface area contributed by atoms with Crippen molar-refractivity contribution in [3.05, 3.63) is 75.8 Å². The minimum Gasteiger partial charge on any atom is -0.349 e. The van der Waals surface area contributed by atoms with Crippen LogP contribution < -0.4 is 5.32 Å². The summed E-state index contributed by atoms with van der Waals surface area (Å²) in [5.74, 6) is -0.144. The number of halogens is 2. The Morgan fingerprint density at radius 2 is 1.70 bits per heavy atom. The van der Waals surface area contributed by atoms with Gasteiger partial charge in [0.1, 0.15) is 0 Å². The number of carbonyl (C=O) groups excluding carboxylic acids is 2. The Morgan fingerprint density at radius 1 is 1.00 bits per heavy atom. The van der Waals surface area contributed by atoms with Crippen LogP contribution in [0.5, 0.6) is 0 Å². The van der Waals surface area contributed by atoms with E-state index in [0.29, 0.717) is 34.3 Å². The molecule has 0 bridgehead atoms. The molecule has 1 aliphatic heterocycles. The average Bonchev–Trinajstić information content (AvgIpc) is 2.70. The molecule has 2 aromatic carbocycles. The number of hydrogen-bond donors (Lipinski definition) is 1. The molecule has 2 amide bonds. The fourth-order valence-corrected chi connectivity index (χ4v) is 3.39. The summed E-state index contributed by atoms with van der Waals surface area (Å²) < 4.78 is 0. The van der Waals surface area contributed by atoms with Crippen LogP contribution >= 0.6 is 23.2 Å². The van der Waals surface area contributed by atoms with E-state index >= 15 is 0 Å². The summed E-state index contributed by atoms with van der Waals surface area (Å²) in [4.78, 5) is 26.4. The van der Waals surface area contributed by atoms with Gasteiger partial charge < -0.3 is 10.2 Å². The zero-order valence-electron chi connectivity index (χ0n) is 14.7. The van der Waals surface area contributed by atoms with Crippen molar-refractivity contribution in [3.63, 3.8) is 0 Å². The maximum atomic E-state index is 12.4. The van der Waals surface area contributed by atoms with E-state index in [4.69, 9.17) is 23.2 Å². The zero-order valence-corrected chi connectivity index (χ0v) is 16.2. The predicted octanol–water partition coefficient (Wildman–Crippen LogP) is 4.43. The first-order valence-electron chi connectivity index (χ1n) is 8.81. The summed E-state index contributed by atoms with van der Waals surface area (Å²) in [6, 6.07) is 14.5. The lowest BCUT2D eigenvalue weighted by Gasteiger charge is -2.31. The third-order valence-corrected chi connectivity index (χ3v) is 5.40. The lowest BCUT2D eigenvalue weighted by atomic mass is 10.0. The van der Waals surface area contributed by atoms with Gasteiger partial charge >= 0.3 is 0 Å². The van der Waals surface area contributed by atoms with E-state index in [1.54, 1.807) is 35.2 Å². The largest absolute Gasteiger partial charge is 0.349 e. The second-order valence-electron chi connectivity index (χ2n) is 6.42. The van der Waals surface area contributed by atoms with E-state index < -0.39 is 0 Å². The second-order valence-corrected chi connectivity index (χ2v) is 7.20. The second kappa shape index (κ2) is 9.07. The zero-order chi connectivity index (χ0) is 19.2. The van der Waals surface area contributed by atoms with E-state index in [2.05, 4.69) is 5.32 Å². The van der Waals surface area contributed by atoms with Crippen LogP contribution in [0.1, 0.15) is 28.8 Å². The molecule has 4 nitrogen and oxygen atoms in total. The summed E-state index contributed by atoms with van der Waals surface area (Å²) in [5, 5.41) is 3.93. The quantitative estimate of drug-likeness (QED) is 0.768. The van der Waals surface area contributed by atoms with Crippen molar-refractivity contribution in [2.75, 3.05) is 13.1 Å². The summed E-state index contributed by atoms with van der Waals surface area (Å²) in [7, 11) is 0. The molecule has 1 saturated heterocycles. The monoisotopic (exact) mass is 402 g/mol. The SMILES string of the molecule is O=C(NC1CCN(C(=O)C=Cc2cccc(Cl)c2Cl)CC1)c1ccccc1. The van der Waals surface area contributed by atoms with E-state index in [0.717, 1.165) is 12.8 Å². The van der Waals surface area contributed by atoms with Crippen molar-refractivity contribution in [2.24, 2.45) is 0 Å². The summed E-state index contributed by atoms with van der Waals surface area (Å²) in [6.07, 6.45) is 4.66. The highest BCUT2D eigenvalue weighted by Gasteiger charge is 2.23. The molecule has 27 heavy (non-hydrogen) atoms. The molecule has 6 heteroatoms. The van der Waals surface area contributed by atoms with Crippen LogP contribution in [0.4, 0.5) is 0 Å². The van der Waals surface area contributed by atoms with E-state index in [-0.39, 0.29) is 17.9 Å². The molecule has 0 aliphatic carbocycles. The van der Waals surface area contributed by atoms with Crippen LogP contribution in [0, 0.1) is 0 Å². The molecule has 0 saturated carbocycles.